The van der Waals surface area contributed by atoms with E-state index in [9.17, 15) is 4.79 Å². The topological polar surface area (TPSA) is 54.0 Å². The van der Waals surface area contributed by atoms with E-state index >= 15 is 0 Å². The van der Waals surface area contributed by atoms with Crippen molar-refractivity contribution < 1.29 is 14.3 Å². The van der Waals surface area contributed by atoms with E-state index in [0.717, 1.165) is 18.7 Å². The number of hydrogen-bond acceptors (Lipinski definition) is 5. The fourth-order valence-electron chi connectivity index (χ4n) is 4.19. The molecule has 0 saturated carbocycles. The van der Waals surface area contributed by atoms with E-state index in [-0.39, 0.29) is 18.6 Å². The van der Waals surface area contributed by atoms with Crippen molar-refractivity contribution in [3.63, 3.8) is 0 Å². The molecule has 3 aromatic rings. The van der Waals surface area contributed by atoms with Crippen molar-refractivity contribution in [1.29, 1.82) is 0 Å². The van der Waals surface area contributed by atoms with Gasteiger partial charge in [0.15, 0.2) is 6.61 Å². The number of amides is 1. The molecule has 1 amide bonds. The van der Waals surface area contributed by atoms with Crippen LogP contribution in [0.5, 0.6) is 11.5 Å². The molecule has 1 aliphatic heterocycles. The monoisotopic (exact) mass is 445 g/mol. The molecule has 1 aliphatic rings. The maximum Gasteiger partial charge on any atom is 0.258 e. The smallest absolute Gasteiger partial charge is 0.258 e. The largest absolute Gasteiger partial charge is 0.497 e. The van der Waals surface area contributed by atoms with Crippen LogP contribution in [-0.2, 0) is 11.2 Å². The first-order valence-corrected chi connectivity index (χ1v) is 11.2. The predicted octanol–water partition coefficient (Wildman–Crippen LogP) is 4.06. The normalized spacial score (nSPS) is 13.2. The number of methoxy groups -OCH3 is 1. The number of nitrogens with zero attached hydrogens (tertiary/aromatic N) is 2. The molecule has 6 heteroatoms. The van der Waals surface area contributed by atoms with Crippen LogP contribution < -0.4 is 24.6 Å². The molecule has 0 aliphatic carbocycles. The third-order valence-corrected chi connectivity index (χ3v) is 6.00. The van der Waals surface area contributed by atoms with Crippen LogP contribution in [0.2, 0.25) is 0 Å². The van der Waals surface area contributed by atoms with Gasteiger partial charge in [-0.2, -0.15) is 0 Å². The van der Waals surface area contributed by atoms with Gasteiger partial charge in [0.05, 0.1) is 13.2 Å². The molecule has 6 nitrogen and oxygen atoms in total. The number of nitrogens with one attached hydrogen (secondary N) is 1. The number of ether oxygens (including phenoxy) is 2. The van der Waals surface area contributed by atoms with Gasteiger partial charge in [-0.15, -0.1) is 0 Å². The Morgan fingerprint density at radius 2 is 1.79 bits per heavy atom. The first-order chi connectivity index (χ1) is 16.0. The number of carbonyl (C=O) groups is 1. The highest BCUT2D eigenvalue weighted by Crippen LogP contribution is 2.35. The minimum atomic E-state index is -0.153. The molecule has 0 bridgehead atoms. The Morgan fingerprint density at radius 3 is 2.55 bits per heavy atom. The third-order valence-electron chi connectivity index (χ3n) is 6.00. The van der Waals surface area contributed by atoms with Crippen LogP contribution in [0, 0.1) is 0 Å². The first-order valence-electron chi connectivity index (χ1n) is 11.2. The summed E-state index contributed by atoms with van der Waals surface area (Å²) >= 11 is 0. The molecular weight excluding hydrogens is 414 g/mol. The molecule has 0 aromatic heterocycles. The van der Waals surface area contributed by atoms with Gasteiger partial charge in [-0.1, -0.05) is 36.4 Å². The molecule has 33 heavy (non-hydrogen) atoms. The van der Waals surface area contributed by atoms with E-state index in [1.165, 1.54) is 16.8 Å². The fourth-order valence-corrected chi connectivity index (χ4v) is 4.19. The van der Waals surface area contributed by atoms with Crippen molar-refractivity contribution in [3.8, 4) is 11.5 Å². The Balaban J connectivity index is 1.46. The number of anilines is 2. The standard InChI is InChI=1S/C27H31N3O3/c1-29(2)22-13-11-21(12-14-22)26(30-16-15-20-7-4-5-10-25(20)30)18-28-27(31)19-33-24-9-6-8-23(17-24)32-3/h4-14,17,26H,15-16,18-19H2,1-3H3,(H,28,31)/t26-/m1/s1. The van der Waals surface area contributed by atoms with Crippen molar-refractivity contribution in [1.82, 2.24) is 5.32 Å². The van der Waals surface area contributed by atoms with Crippen molar-refractivity contribution in [3.05, 3.63) is 83.9 Å². The first kappa shape index (κ1) is 22.5. The molecule has 1 heterocycles. The van der Waals surface area contributed by atoms with E-state index in [0.29, 0.717) is 18.0 Å². The molecule has 4 rings (SSSR count). The summed E-state index contributed by atoms with van der Waals surface area (Å²) in [7, 11) is 5.67. The van der Waals surface area contributed by atoms with E-state index in [1.54, 1.807) is 13.2 Å². The van der Waals surface area contributed by atoms with E-state index in [4.69, 9.17) is 9.47 Å². The lowest BCUT2D eigenvalue weighted by Crippen LogP contribution is -2.39. The summed E-state index contributed by atoms with van der Waals surface area (Å²) in [5.41, 5.74) is 4.91. The highest BCUT2D eigenvalue weighted by molar-refractivity contribution is 5.77. The number of hydrogen-bond donors (Lipinski definition) is 1. The summed E-state index contributed by atoms with van der Waals surface area (Å²) in [5.74, 6) is 1.15. The zero-order chi connectivity index (χ0) is 23.2. The summed E-state index contributed by atoms with van der Waals surface area (Å²) in [6, 6.07) is 24.3. The molecule has 0 fully saturated rings. The lowest BCUT2D eigenvalue weighted by molar-refractivity contribution is -0.123. The van der Waals surface area contributed by atoms with Crippen LogP contribution >= 0.6 is 0 Å². The van der Waals surface area contributed by atoms with Crippen LogP contribution in [0.1, 0.15) is 17.2 Å². The molecule has 0 spiro atoms. The Morgan fingerprint density at radius 1 is 1.03 bits per heavy atom. The average Bonchev–Trinajstić information content (AvgIpc) is 3.27. The summed E-state index contributed by atoms with van der Waals surface area (Å²) in [6.07, 6.45) is 1.01. The minimum Gasteiger partial charge on any atom is -0.497 e. The van der Waals surface area contributed by atoms with Crippen LogP contribution in [-0.4, -0.2) is 46.8 Å². The number of carbonyl (C=O) groups excluding carboxylic acids is 1. The van der Waals surface area contributed by atoms with Gasteiger partial charge < -0.3 is 24.6 Å². The Kier molecular flexibility index (Phi) is 7.03. The van der Waals surface area contributed by atoms with Gasteiger partial charge in [0.25, 0.3) is 5.91 Å². The minimum absolute atomic E-state index is 0.0330. The molecular formula is C27H31N3O3. The van der Waals surface area contributed by atoms with Gasteiger partial charge in [0.2, 0.25) is 0 Å². The van der Waals surface area contributed by atoms with Gasteiger partial charge in [-0.05, 0) is 47.9 Å². The quantitative estimate of drug-likeness (QED) is 0.538. The Hall–Kier alpha value is -3.67. The Bertz CT molecular complexity index is 1080. The summed E-state index contributed by atoms with van der Waals surface area (Å²) in [5, 5.41) is 3.08. The van der Waals surface area contributed by atoms with Crippen molar-refractivity contribution >= 4 is 17.3 Å². The predicted molar refractivity (Wildman–Crippen MR) is 133 cm³/mol. The SMILES string of the molecule is COc1cccc(OCC(=O)NC[C@H](c2ccc(N(C)C)cc2)N2CCc3ccccc32)c1. The number of para-hydroxylation sites is 1. The van der Waals surface area contributed by atoms with Crippen molar-refractivity contribution in [2.45, 2.75) is 12.5 Å². The van der Waals surface area contributed by atoms with Crippen LogP contribution in [0.3, 0.4) is 0 Å². The van der Waals surface area contributed by atoms with Crippen LogP contribution in [0.4, 0.5) is 11.4 Å². The lowest BCUT2D eigenvalue weighted by atomic mass is 10.0. The van der Waals surface area contributed by atoms with E-state index in [2.05, 4.69) is 63.6 Å². The molecule has 1 atom stereocenters. The van der Waals surface area contributed by atoms with E-state index in [1.807, 2.05) is 32.3 Å². The second-order valence-corrected chi connectivity index (χ2v) is 8.35. The van der Waals surface area contributed by atoms with Crippen molar-refractivity contribution in [2.75, 3.05) is 50.7 Å². The molecule has 172 valence electrons. The number of fused-ring (bicyclic) bond motifs is 1. The lowest BCUT2D eigenvalue weighted by Gasteiger charge is -2.31. The van der Waals surface area contributed by atoms with Crippen molar-refractivity contribution in [2.24, 2.45) is 0 Å². The Labute approximate surface area is 195 Å². The molecule has 0 radical (unpaired) electrons. The van der Waals surface area contributed by atoms with Gasteiger partial charge in [-0.3, -0.25) is 4.79 Å². The molecule has 0 unspecified atom stereocenters. The highest BCUT2D eigenvalue weighted by Gasteiger charge is 2.27. The maximum atomic E-state index is 12.6. The zero-order valence-electron chi connectivity index (χ0n) is 19.5. The maximum absolute atomic E-state index is 12.6. The summed E-state index contributed by atoms with van der Waals surface area (Å²) < 4.78 is 10.9. The van der Waals surface area contributed by atoms with Crippen LogP contribution in [0.25, 0.3) is 0 Å². The second-order valence-electron chi connectivity index (χ2n) is 8.35. The van der Waals surface area contributed by atoms with Gasteiger partial charge >= 0.3 is 0 Å². The summed E-state index contributed by atoms with van der Waals surface area (Å²) in [4.78, 5) is 17.1. The molecule has 3 aromatic carbocycles. The van der Waals surface area contributed by atoms with E-state index < -0.39 is 0 Å². The molecule has 1 N–H and O–H groups in total. The zero-order valence-corrected chi connectivity index (χ0v) is 19.5. The summed E-state index contributed by atoms with van der Waals surface area (Å²) in [6.45, 7) is 1.38. The molecule has 0 saturated heterocycles. The van der Waals surface area contributed by atoms with Gasteiger partial charge in [0.1, 0.15) is 11.5 Å². The van der Waals surface area contributed by atoms with Gasteiger partial charge in [0, 0.05) is 44.6 Å². The van der Waals surface area contributed by atoms with Gasteiger partial charge in [-0.25, -0.2) is 0 Å². The number of benzene rings is 3. The second kappa shape index (κ2) is 10.3. The highest BCUT2D eigenvalue weighted by atomic mass is 16.5. The average molecular weight is 446 g/mol. The number of rotatable bonds is 9. The third kappa shape index (κ3) is 5.40. The van der Waals surface area contributed by atoms with Crippen LogP contribution in [0.15, 0.2) is 72.8 Å². The fraction of sp³-hybridized carbons (Fsp3) is 0.296.